The van der Waals surface area contributed by atoms with Gasteiger partial charge in [0.2, 0.25) is 11.8 Å². The topological polar surface area (TPSA) is 90.7 Å². The first-order valence-corrected chi connectivity index (χ1v) is 10.7. The lowest BCUT2D eigenvalue weighted by atomic mass is 10.2. The molecular weight excluding hydrogens is 380 g/mol. The second-order valence-electron chi connectivity index (χ2n) is 6.61. The molecule has 1 heterocycles. The molecule has 28 heavy (non-hydrogen) atoms. The number of hydrogen-bond donors (Lipinski definition) is 1. The van der Waals surface area contributed by atoms with Gasteiger partial charge in [-0.3, -0.25) is 9.00 Å². The zero-order valence-corrected chi connectivity index (χ0v) is 17.6. The van der Waals surface area contributed by atoms with E-state index in [1.54, 1.807) is 14.0 Å². The maximum absolute atomic E-state index is 12.3. The van der Waals surface area contributed by atoms with Gasteiger partial charge in [0.15, 0.2) is 0 Å². The second-order valence-corrected chi connectivity index (χ2v) is 8.06. The van der Waals surface area contributed by atoms with Crippen LogP contribution in [-0.2, 0) is 26.1 Å². The molecule has 154 valence electrons. The van der Waals surface area contributed by atoms with Crippen LogP contribution in [-0.4, -0.2) is 47.2 Å². The number of aromatic nitrogens is 1. The Morgan fingerprint density at radius 1 is 1.36 bits per heavy atom. The van der Waals surface area contributed by atoms with Gasteiger partial charge in [-0.25, -0.2) is 4.98 Å². The highest BCUT2D eigenvalue weighted by atomic mass is 32.2. The molecule has 0 aliphatic rings. The van der Waals surface area contributed by atoms with Gasteiger partial charge in [-0.1, -0.05) is 6.07 Å². The van der Waals surface area contributed by atoms with Gasteiger partial charge in [0.05, 0.1) is 24.7 Å². The van der Waals surface area contributed by atoms with Gasteiger partial charge in [-0.15, -0.1) is 0 Å². The number of aryl methyl sites for hydroxylation is 1. The number of carbonyl (C=O) groups is 1. The van der Waals surface area contributed by atoms with E-state index in [0.29, 0.717) is 36.2 Å². The second kappa shape index (κ2) is 11.0. The van der Waals surface area contributed by atoms with Crippen molar-refractivity contribution in [3.63, 3.8) is 0 Å². The zero-order valence-electron chi connectivity index (χ0n) is 16.8. The van der Waals surface area contributed by atoms with Crippen molar-refractivity contribution in [2.24, 2.45) is 0 Å². The van der Waals surface area contributed by atoms with Crippen molar-refractivity contribution in [3.05, 3.63) is 35.7 Å². The molecular formula is C20H28N2O5S. The smallest absolute Gasteiger partial charge is 0.232 e. The molecule has 0 spiro atoms. The minimum Gasteiger partial charge on any atom is -0.497 e. The normalized spacial score (nSPS) is 12.2. The number of hydrogen-bond acceptors (Lipinski definition) is 6. The van der Waals surface area contributed by atoms with E-state index in [1.807, 2.05) is 38.1 Å². The lowest BCUT2D eigenvalue weighted by Crippen LogP contribution is -2.30. The van der Waals surface area contributed by atoms with E-state index in [-0.39, 0.29) is 23.5 Å². The summed E-state index contributed by atoms with van der Waals surface area (Å²) in [5.74, 6) is 1.61. The van der Waals surface area contributed by atoms with Crippen LogP contribution in [0, 0.1) is 6.92 Å². The molecule has 0 bridgehead atoms. The van der Waals surface area contributed by atoms with Crippen molar-refractivity contribution in [3.8, 4) is 17.2 Å². The quantitative estimate of drug-likeness (QED) is 0.575. The Hall–Kier alpha value is -2.19. The lowest BCUT2D eigenvalue weighted by molar-refractivity contribution is -0.118. The molecule has 0 saturated heterocycles. The fraction of sp³-hybridized carbons (Fsp3) is 0.500. The summed E-state index contributed by atoms with van der Waals surface area (Å²) in [6.45, 7) is 6.80. The summed E-state index contributed by atoms with van der Waals surface area (Å²) >= 11 is 0. The Kier molecular flexibility index (Phi) is 8.66. The van der Waals surface area contributed by atoms with Crippen molar-refractivity contribution < 1.29 is 22.9 Å². The predicted molar refractivity (Wildman–Crippen MR) is 109 cm³/mol. The van der Waals surface area contributed by atoms with E-state index in [1.165, 1.54) is 0 Å². The number of methoxy groups -OCH3 is 1. The molecule has 8 heteroatoms. The highest BCUT2D eigenvalue weighted by Crippen LogP contribution is 2.25. The summed E-state index contributed by atoms with van der Waals surface area (Å²) in [7, 11) is 0.229. The van der Waals surface area contributed by atoms with Crippen LogP contribution >= 0.6 is 0 Å². The third-order valence-electron chi connectivity index (χ3n) is 3.89. The summed E-state index contributed by atoms with van der Waals surface area (Å²) in [5.41, 5.74) is 1.37. The molecule has 0 aliphatic heterocycles. The first kappa shape index (κ1) is 22.1. The molecule has 0 fully saturated rings. The molecule has 0 unspecified atom stereocenters. The molecule has 2 aromatic rings. The summed E-state index contributed by atoms with van der Waals surface area (Å²) in [6.07, 6.45) is 0.902. The van der Waals surface area contributed by atoms with Crippen LogP contribution in [0.4, 0.5) is 0 Å². The molecule has 0 radical (unpaired) electrons. The molecule has 1 amide bonds. The molecule has 1 N–H and O–H groups in total. The van der Waals surface area contributed by atoms with Gasteiger partial charge in [0.25, 0.3) is 0 Å². The van der Waals surface area contributed by atoms with Gasteiger partial charge >= 0.3 is 0 Å². The van der Waals surface area contributed by atoms with E-state index in [2.05, 4.69) is 10.3 Å². The van der Waals surface area contributed by atoms with Crippen molar-refractivity contribution in [1.82, 2.24) is 10.3 Å². The number of nitrogens with zero attached hydrogens (tertiary/aromatic N) is 1. The Morgan fingerprint density at radius 2 is 2.14 bits per heavy atom. The minimum atomic E-state index is -1.37. The van der Waals surface area contributed by atoms with Gasteiger partial charge in [-0.2, -0.15) is 0 Å². The SMILES string of the molecule is COc1cccc(-c2nc(C[S@](=O)CC(=O)NCCCOC(C)C)c(C)o2)c1. The molecule has 1 aromatic carbocycles. The Labute approximate surface area is 168 Å². The molecule has 2 rings (SSSR count). The molecule has 7 nitrogen and oxygen atoms in total. The Bertz CT molecular complexity index is 804. The lowest BCUT2D eigenvalue weighted by Gasteiger charge is -2.08. The molecule has 1 atom stereocenters. The third-order valence-corrected chi connectivity index (χ3v) is 5.07. The summed E-state index contributed by atoms with van der Waals surface area (Å²) in [4.78, 5) is 16.4. The number of rotatable bonds is 11. The van der Waals surface area contributed by atoms with Crippen molar-refractivity contribution in [1.29, 1.82) is 0 Å². The zero-order chi connectivity index (χ0) is 20.5. The van der Waals surface area contributed by atoms with Gasteiger partial charge in [0, 0.05) is 29.5 Å². The van der Waals surface area contributed by atoms with Crippen LogP contribution in [0.2, 0.25) is 0 Å². The number of ether oxygens (including phenoxy) is 2. The minimum absolute atomic E-state index is 0.0637. The van der Waals surface area contributed by atoms with Gasteiger partial charge in [0.1, 0.15) is 17.3 Å². The van der Waals surface area contributed by atoms with Crippen LogP contribution < -0.4 is 10.1 Å². The molecule has 0 aliphatic carbocycles. The van der Waals surface area contributed by atoms with Crippen LogP contribution in [0.15, 0.2) is 28.7 Å². The predicted octanol–water partition coefficient (Wildman–Crippen LogP) is 2.84. The third kappa shape index (κ3) is 7.09. The fourth-order valence-electron chi connectivity index (χ4n) is 2.46. The first-order valence-electron chi connectivity index (χ1n) is 9.23. The van der Waals surface area contributed by atoms with Crippen molar-refractivity contribution in [2.75, 3.05) is 26.0 Å². The highest BCUT2D eigenvalue weighted by molar-refractivity contribution is 7.84. The Balaban J connectivity index is 1.85. The number of benzene rings is 1. The van der Waals surface area contributed by atoms with Crippen LogP contribution in [0.25, 0.3) is 11.5 Å². The fourth-order valence-corrected chi connectivity index (χ4v) is 3.53. The number of nitrogens with one attached hydrogen (secondary N) is 1. The van der Waals surface area contributed by atoms with E-state index < -0.39 is 10.8 Å². The van der Waals surface area contributed by atoms with Gasteiger partial charge < -0.3 is 19.2 Å². The van der Waals surface area contributed by atoms with Crippen LogP contribution in [0.1, 0.15) is 31.7 Å². The average molecular weight is 409 g/mol. The van der Waals surface area contributed by atoms with Gasteiger partial charge in [-0.05, 0) is 45.4 Å². The standard InChI is InChI=1S/C20H28N2O5S/c1-14(2)26-10-6-9-21-19(23)13-28(24)12-18-15(3)27-20(22-18)16-7-5-8-17(11-16)25-4/h5,7-8,11,14H,6,9-10,12-13H2,1-4H3,(H,21,23)/t28-/m0/s1. The van der Waals surface area contributed by atoms with E-state index in [4.69, 9.17) is 13.9 Å². The maximum Gasteiger partial charge on any atom is 0.232 e. The van der Waals surface area contributed by atoms with E-state index in [9.17, 15) is 9.00 Å². The largest absolute Gasteiger partial charge is 0.497 e. The van der Waals surface area contributed by atoms with E-state index >= 15 is 0 Å². The summed E-state index contributed by atoms with van der Waals surface area (Å²) in [6, 6.07) is 7.37. The molecule has 1 aromatic heterocycles. The summed E-state index contributed by atoms with van der Waals surface area (Å²) < 4.78 is 28.6. The maximum atomic E-state index is 12.3. The van der Waals surface area contributed by atoms with E-state index in [0.717, 1.165) is 12.0 Å². The number of carbonyl (C=O) groups excluding carboxylic acids is 1. The Morgan fingerprint density at radius 3 is 2.86 bits per heavy atom. The first-order chi connectivity index (χ1) is 13.4. The van der Waals surface area contributed by atoms with Crippen LogP contribution in [0.3, 0.4) is 0 Å². The highest BCUT2D eigenvalue weighted by Gasteiger charge is 2.16. The monoisotopic (exact) mass is 408 g/mol. The number of amides is 1. The number of oxazole rings is 1. The molecule has 0 saturated carbocycles. The van der Waals surface area contributed by atoms with Crippen LogP contribution in [0.5, 0.6) is 5.75 Å². The van der Waals surface area contributed by atoms with Crippen molar-refractivity contribution >= 4 is 16.7 Å². The average Bonchev–Trinajstić information content (AvgIpc) is 3.01. The summed E-state index contributed by atoms with van der Waals surface area (Å²) in [5, 5.41) is 2.76. The van der Waals surface area contributed by atoms with Crippen molar-refractivity contribution in [2.45, 2.75) is 39.0 Å².